The fraction of sp³-hybridized carbons (Fsp3) is 0.423. The molecule has 2 saturated heterocycles. The van der Waals surface area contributed by atoms with Gasteiger partial charge in [0.2, 0.25) is 27.7 Å². The van der Waals surface area contributed by atoms with Crippen LogP contribution in [0.25, 0.3) is 0 Å². The minimum absolute atomic E-state index is 0.142. The highest BCUT2D eigenvalue weighted by atomic mass is 32.2. The lowest BCUT2D eigenvalue weighted by Crippen LogP contribution is -2.51. The number of amides is 3. The monoisotopic (exact) mass is 497 g/mol. The van der Waals surface area contributed by atoms with Crippen molar-refractivity contribution in [2.45, 2.75) is 56.3 Å². The second-order valence-electron chi connectivity index (χ2n) is 9.37. The molecular weight excluding hydrogens is 466 g/mol. The maximum Gasteiger partial charge on any atom is 0.243 e. The first-order valence-corrected chi connectivity index (χ1v) is 13.4. The second kappa shape index (κ2) is 9.91. The summed E-state index contributed by atoms with van der Waals surface area (Å²) >= 11 is 0. The molecule has 0 radical (unpaired) electrons. The van der Waals surface area contributed by atoms with Crippen molar-refractivity contribution in [1.29, 1.82) is 0 Å². The number of carbonyl (C=O) groups is 3. The summed E-state index contributed by atoms with van der Waals surface area (Å²) in [4.78, 5) is 37.3. The van der Waals surface area contributed by atoms with Gasteiger partial charge in [-0.2, -0.15) is 4.31 Å². The van der Waals surface area contributed by atoms with Crippen molar-refractivity contribution in [3.05, 3.63) is 59.7 Å². The molecule has 0 aliphatic carbocycles. The van der Waals surface area contributed by atoms with E-state index in [1.807, 2.05) is 26.0 Å². The van der Waals surface area contributed by atoms with Crippen molar-refractivity contribution >= 4 is 33.4 Å². The topological polar surface area (TPSA) is 113 Å². The zero-order valence-corrected chi connectivity index (χ0v) is 20.9. The summed E-state index contributed by atoms with van der Waals surface area (Å²) in [7, 11) is -3.57. The SMILES string of the molecule is CCC1(c2ccc(NC(=O)C3CCN(S(=O)(=O)c4ccc(C)cc4)CC3)cc2)CCC(=O)NC1=O. The van der Waals surface area contributed by atoms with Crippen LogP contribution in [0.5, 0.6) is 0 Å². The van der Waals surface area contributed by atoms with Crippen molar-refractivity contribution in [2.75, 3.05) is 18.4 Å². The van der Waals surface area contributed by atoms with Crippen molar-refractivity contribution in [2.24, 2.45) is 5.92 Å². The summed E-state index contributed by atoms with van der Waals surface area (Å²) in [6.07, 6.45) is 2.23. The van der Waals surface area contributed by atoms with Crippen LogP contribution in [0.3, 0.4) is 0 Å². The number of imide groups is 1. The van der Waals surface area contributed by atoms with Crippen LogP contribution in [0, 0.1) is 12.8 Å². The molecule has 1 atom stereocenters. The Hall–Kier alpha value is -3.04. The van der Waals surface area contributed by atoms with E-state index in [1.165, 1.54) is 4.31 Å². The lowest BCUT2D eigenvalue weighted by molar-refractivity contribution is -0.138. The molecule has 1 unspecified atom stereocenters. The molecular formula is C26H31N3O5S. The molecule has 2 aliphatic heterocycles. The Balaban J connectivity index is 1.36. The van der Waals surface area contributed by atoms with Crippen LogP contribution in [0.2, 0.25) is 0 Å². The standard InChI is InChI=1S/C26H31N3O5S/c1-3-26(15-12-23(30)28-25(26)32)20-6-8-21(9-7-20)27-24(31)19-13-16-29(17-14-19)35(33,34)22-10-4-18(2)5-11-22/h4-11,19H,3,12-17H2,1-2H3,(H,27,31)(H,28,30,32). The Kier molecular flexibility index (Phi) is 7.10. The maximum absolute atomic E-state index is 12.9. The second-order valence-corrected chi connectivity index (χ2v) is 11.3. The summed E-state index contributed by atoms with van der Waals surface area (Å²) in [5, 5.41) is 5.36. The van der Waals surface area contributed by atoms with E-state index in [4.69, 9.17) is 0 Å². The molecule has 8 nitrogen and oxygen atoms in total. The van der Waals surface area contributed by atoms with E-state index in [0.717, 1.165) is 11.1 Å². The highest BCUT2D eigenvalue weighted by Crippen LogP contribution is 2.36. The molecule has 2 aromatic rings. The molecule has 0 aromatic heterocycles. The lowest BCUT2D eigenvalue weighted by atomic mass is 9.72. The van der Waals surface area contributed by atoms with E-state index in [-0.39, 0.29) is 28.5 Å². The summed E-state index contributed by atoms with van der Waals surface area (Å²) in [6, 6.07) is 14.0. The van der Waals surface area contributed by atoms with Crippen LogP contribution in [0.15, 0.2) is 53.4 Å². The van der Waals surface area contributed by atoms with Crippen molar-refractivity contribution in [3.63, 3.8) is 0 Å². The lowest BCUT2D eigenvalue weighted by Gasteiger charge is -2.35. The molecule has 4 rings (SSSR count). The van der Waals surface area contributed by atoms with Crippen LogP contribution >= 0.6 is 0 Å². The van der Waals surface area contributed by atoms with E-state index in [9.17, 15) is 22.8 Å². The van der Waals surface area contributed by atoms with E-state index in [2.05, 4.69) is 10.6 Å². The van der Waals surface area contributed by atoms with Gasteiger partial charge >= 0.3 is 0 Å². The Morgan fingerprint density at radius 1 is 1.06 bits per heavy atom. The Labute approximate surface area is 206 Å². The smallest absolute Gasteiger partial charge is 0.243 e. The fourth-order valence-corrected chi connectivity index (χ4v) is 6.37. The molecule has 2 aliphatic rings. The van der Waals surface area contributed by atoms with Gasteiger partial charge in [0.25, 0.3) is 0 Å². The minimum atomic E-state index is -3.57. The normalized spacial score (nSPS) is 22.0. The number of hydrogen-bond donors (Lipinski definition) is 2. The third kappa shape index (κ3) is 5.01. The number of nitrogens with one attached hydrogen (secondary N) is 2. The van der Waals surface area contributed by atoms with Gasteiger partial charge in [-0.05, 0) is 62.4 Å². The first kappa shape index (κ1) is 25.1. The number of anilines is 1. The number of sulfonamides is 1. The van der Waals surface area contributed by atoms with Crippen molar-refractivity contribution in [1.82, 2.24) is 9.62 Å². The minimum Gasteiger partial charge on any atom is -0.326 e. The average molecular weight is 498 g/mol. The third-order valence-electron chi connectivity index (χ3n) is 7.26. The molecule has 186 valence electrons. The van der Waals surface area contributed by atoms with Crippen LogP contribution in [0.1, 0.15) is 50.2 Å². The summed E-state index contributed by atoms with van der Waals surface area (Å²) in [6.45, 7) is 4.42. The third-order valence-corrected chi connectivity index (χ3v) is 9.17. The highest BCUT2D eigenvalue weighted by molar-refractivity contribution is 7.89. The molecule has 3 amide bonds. The van der Waals surface area contributed by atoms with Crippen LogP contribution in [-0.4, -0.2) is 43.5 Å². The van der Waals surface area contributed by atoms with Gasteiger partial charge in [-0.15, -0.1) is 0 Å². The first-order chi connectivity index (χ1) is 16.7. The molecule has 9 heteroatoms. The quantitative estimate of drug-likeness (QED) is 0.596. The molecule has 35 heavy (non-hydrogen) atoms. The molecule has 2 aromatic carbocycles. The first-order valence-electron chi connectivity index (χ1n) is 12.0. The molecule has 2 heterocycles. The maximum atomic E-state index is 12.9. The molecule has 2 fully saturated rings. The van der Waals surface area contributed by atoms with Crippen LogP contribution in [0.4, 0.5) is 5.69 Å². The average Bonchev–Trinajstić information content (AvgIpc) is 2.85. The Morgan fingerprint density at radius 3 is 2.26 bits per heavy atom. The van der Waals surface area contributed by atoms with Gasteiger partial charge in [-0.3, -0.25) is 19.7 Å². The van der Waals surface area contributed by atoms with Crippen molar-refractivity contribution in [3.8, 4) is 0 Å². The van der Waals surface area contributed by atoms with E-state index >= 15 is 0 Å². The predicted octanol–water partition coefficient (Wildman–Crippen LogP) is 3.12. The van der Waals surface area contributed by atoms with Crippen molar-refractivity contribution < 1.29 is 22.8 Å². The van der Waals surface area contributed by atoms with Crippen LogP contribution in [-0.2, 0) is 29.8 Å². The van der Waals surface area contributed by atoms with Crippen LogP contribution < -0.4 is 10.6 Å². The van der Waals surface area contributed by atoms with Gasteiger partial charge < -0.3 is 5.32 Å². The number of carbonyl (C=O) groups excluding carboxylic acids is 3. The highest BCUT2D eigenvalue weighted by Gasteiger charge is 2.42. The fourth-order valence-electron chi connectivity index (χ4n) is 4.90. The summed E-state index contributed by atoms with van der Waals surface area (Å²) < 4.78 is 27.2. The molecule has 0 spiro atoms. The predicted molar refractivity (Wildman–Crippen MR) is 132 cm³/mol. The summed E-state index contributed by atoms with van der Waals surface area (Å²) in [5.74, 6) is -0.950. The number of nitrogens with zero attached hydrogens (tertiary/aromatic N) is 1. The van der Waals surface area contributed by atoms with E-state index < -0.39 is 15.4 Å². The number of benzene rings is 2. The number of hydrogen-bond acceptors (Lipinski definition) is 5. The van der Waals surface area contributed by atoms with Gasteiger partial charge in [-0.1, -0.05) is 36.8 Å². The molecule has 2 N–H and O–H groups in total. The number of piperidine rings is 2. The van der Waals surface area contributed by atoms with Gasteiger partial charge in [0.1, 0.15) is 0 Å². The van der Waals surface area contributed by atoms with E-state index in [1.54, 1.807) is 36.4 Å². The van der Waals surface area contributed by atoms with Gasteiger partial charge in [0.15, 0.2) is 0 Å². The van der Waals surface area contributed by atoms with Gasteiger partial charge in [0, 0.05) is 31.1 Å². The zero-order chi connectivity index (χ0) is 25.2. The zero-order valence-electron chi connectivity index (χ0n) is 20.0. The Bertz CT molecular complexity index is 1220. The molecule has 0 saturated carbocycles. The Morgan fingerprint density at radius 2 is 1.69 bits per heavy atom. The van der Waals surface area contributed by atoms with Gasteiger partial charge in [0.05, 0.1) is 10.3 Å². The van der Waals surface area contributed by atoms with Gasteiger partial charge in [-0.25, -0.2) is 8.42 Å². The molecule has 0 bridgehead atoms. The number of aryl methyl sites for hydroxylation is 1. The largest absolute Gasteiger partial charge is 0.326 e. The van der Waals surface area contributed by atoms with E-state index in [0.29, 0.717) is 50.9 Å². The summed E-state index contributed by atoms with van der Waals surface area (Å²) in [5.41, 5.74) is 1.69. The number of rotatable bonds is 6.